The molecule has 2 aromatic rings. The van der Waals surface area contributed by atoms with Crippen molar-refractivity contribution in [1.82, 2.24) is 10.1 Å². The molecule has 5 nitrogen and oxygen atoms in total. The Morgan fingerprint density at radius 2 is 2.09 bits per heavy atom. The second kappa shape index (κ2) is 6.87. The summed E-state index contributed by atoms with van der Waals surface area (Å²) in [6, 6.07) is 4.37. The molecule has 1 fully saturated rings. The Balaban J connectivity index is 1.70. The van der Waals surface area contributed by atoms with E-state index in [1.54, 1.807) is 12.3 Å². The van der Waals surface area contributed by atoms with E-state index < -0.39 is 11.6 Å². The predicted molar refractivity (Wildman–Crippen MR) is 79.5 cm³/mol. The fourth-order valence-corrected chi connectivity index (χ4v) is 2.85. The first kappa shape index (κ1) is 15.6. The number of likely N-dealkylation sites (tertiary alicyclic amines) is 1. The van der Waals surface area contributed by atoms with Crippen LogP contribution in [0.4, 0.5) is 14.5 Å². The number of carbonyl (C=O) groups excluding carboxylic acids is 1. The van der Waals surface area contributed by atoms with Gasteiger partial charge < -0.3 is 9.84 Å². The molecule has 1 aromatic carbocycles. The summed E-state index contributed by atoms with van der Waals surface area (Å²) in [4.78, 5) is 14.5. The lowest BCUT2D eigenvalue weighted by atomic mass is 10.0. The molecule has 2 heterocycles. The average molecular weight is 321 g/mol. The summed E-state index contributed by atoms with van der Waals surface area (Å²) in [6.45, 7) is 1.24. The SMILES string of the molecule is O=C(Nc1cc(F)cc(F)c1)[C@H]1CCCCN1Cc1ccno1. The molecule has 1 aromatic heterocycles. The molecule has 1 atom stereocenters. The Labute approximate surface area is 132 Å². The zero-order valence-corrected chi connectivity index (χ0v) is 12.5. The summed E-state index contributed by atoms with van der Waals surface area (Å²) in [6.07, 6.45) is 4.18. The van der Waals surface area contributed by atoms with Crippen LogP contribution in [-0.4, -0.2) is 28.6 Å². The van der Waals surface area contributed by atoms with Crippen molar-refractivity contribution in [2.45, 2.75) is 31.8 Å². The number of rotatable bonds is 4. The highest BCUT2D eigenvalue weighted by Gasteiger charge is 2.29. The highest BCUT2D eigenvalue weighted by atomic mass is 19.1. The third-order valence-electron chi connectivity index (χ3n) is 3.90. The third kappa shape index (κ3) is 3.92. The van der Waals surface area contributed by atoms with E-state index in [4.69, 9.17) is 4.52 Å². The molecular formula is C16H17F2N3O2. The molecule has 0 saturated carbocycles. The minimum atomic E-state index is -0.720. The molecule has 1 N–H and O–H groups in total. The number of benzene rings is 1. The lowest BCUT2D eigenvalue weighted by molar-refractivity contribution is -0.122. The molecule has 0 unspecified atom stereocenters. The summed E-state index contributed by atoms with van der Waals surface area (Å²) in [7, 11) is 0. The maximum Gasteiger partial charge on any atom is 0.241 e. The Morgan fingerprint density at radius 1 is 1.30 bits per heavy atom. The number of halogens is 2. The van der Waals surface area contributed by atoms with Gasteiger partial charge in [0.15, 0.2) is 5.76 Å². The smallest absolute Gasteiger partial charge is 0.241 e. The first-order valence-corrected chi connectivity index (χ1v) is 7.52. The largest absolute Gasteiger partial charge is 0.360 e. The Bertz CT molecular complexity index is 656. The molecule has 7 heteroatoms. The zero-order chi connectivity index (χ0) is 16.2. The number of carbonyl (C=O) groups is 1. The van der Waals surface area contributed by atoms with Crippen molar-refractivity contribution in [3.8, 4) is 0 Å². The van der Waals surface area contributed by atoms with Crippen LogP contribution in [0, 0.1) is 11.6 Å². The summed E-state index contributed by atoms with van der Waals surface area (Å²) in [5, 5.41) is 6.26. The van der Waals surface area contributed by atoms with E-state index in [-0.39, 0.29) is 17.6 Å². The standard InChI is InChI=1S/C16H17F2N3O2/c17-11-7-12(18)9-13(8-11)20-16(22)15-3-1-2-6-21(15)10-14-4-5-19-23-14/h4-5,7-9,15H,1-3,6,10H2,(H,20,22)/t15-/m1/s1. The second-order valence-electron chi connectivity index (χ2n) is 5.61. The number of hydrogen-bond donors (Lipinski definition) is 1. The number of piperidine rings is 1. The highest BCUT2D eigenvalue weighted by Crippen LogP contribution is 2.22. The molecule has 1 saturated heterocycles. The van der Waals surface area contributed by atoms with E-state index in [9.17, 15) is 13.6 Å². The van der Waals surface area contributed by atoms with Crippen LogP contribution in [0.25, 0.3) is 0 Å². The van der Waals surface area contributed by atoms with Gasteiger partial charge in [0.2, 0.25) is 5.91 Å². The number of aromatic nitrogens is 1. The van der Waals surface area contributed by atoms with Gasteiger partial charge in [-0.15, -0.1) is 0 Å². The van der Waals surface area contributed by atoms with Crippen molar-refractivity contribution >= 4 is 11.6 Å². The van der Waals surface area contributed by atoms with Crippen LogP contribution in [0.5, 0.6) is 0 Å². The van der Waals surface area contributed by atoms with Gasteiger partial charge in [-0.1, -0.05) is 11.6 Å². The van der Waals surface area contributed by atoms with Gasteiger partial charge in [-0.25, -0.2) is 8.78 Å². The van der Waals surface area contributed by atoms with Crippen molar-refractivity contribution in [3.05, 3.63) is 47.9 Å². The van der Waals surface area contributed by atoms with E-state index in [1.807, 2.05) is 4.90 Å². The van der Waals surface area contributed by atoms with Gasteiger partial charge in [0.1, 0.15) is 11.6 Å². The van der Waals surface area contributed by atoms with Crippen LogP contribution >= 0.6 is 0 Å². The first-order chi connectivity index (χ1) is 11.1. The van der Waals surface area contributed by atoms with Gasteiger partial charge in [0.05, 0.1) is 18.8 Å². The van der Waals surface area contributed by atoms with E-state index >= 15 is 0 Å². The lowest BCUT2D eigenvalue weighted by Gasteiger charge is -2.33. The average Bonchev–Trinajstić information content (AvgIpc) is 2.99. The van der Waals surface area contributed by atoms with E-state index in [0.717, 1.165) is 37.6 Å². The highest BCUT2D eigenvalue weighted by molar-refractivity contribution is 5.94. The molecule has 0 bridgehead atoms. The topological polar surface area (TPSA) is 58.4 Å². The molecule has 1 aliphatic heterocycles. The van der Waals surface area contributed by atoms with Crippen molar-refractivity contribution in [2.24, 2.45) is 0 Å². The molecule has 0 radical (unpaired) electrons. The molecular weight excluding hydrogens is 304 g/mol. The van der Waals surface area contributed by atoms with Crippen molar-refractivity contribution in [3.63, 3.8) is 0 Å². The predicted octanol–water partition coefficient (Wildman–Crippen LogP) is 2.95. The maximum absolute atomic E-state index is 13.2. The first-order valence-electron chi connectivity index (χ1n) is 7.52. The van der Waals surface area contributed by atoms with Crippen molar-refractivity contribution < 1.29 is 18.1 Å². The minimum Gasteiger partial charge on any atom is -0.360 e. The van der Waals surface area contributed by atoms with E-state index in [0.29, 0.717) is 18.7 Å². The fourth-order valence-electron chi connectivity index (χ4n) is 2.85. The lowest BCUT2D eigenvalue weighted by Crippen LogP contribution is -2.46. The summed E-state index contributed by atoms with van der Waals surface area (Å²) < 4.78 is 31.5. The van der Waals surface area contributed by atoms with Crippen LogP contribution in [-0.2, 0) is 11.3 Å². The van der Waals surface area contributed by atoms with E-state index in [2.05, 4.69) is 10.5 Å². The molecule has 0 aliphatic carbocycles. The number of hydrogen-bond acceptors (Lipinski definition) is 4. The summed E-state index contributed by atoms with van der Waals surface area (Å²) in [5.41, 5.74) is 0.123. The number of nitrogens with one attached hydrogen (secondary N) is 1. The summed E-state index contributed by atoms with van der Waals surface area (Å²) >= 11 is 0. The molecule has 0 spiro atoms. The quantitative estimate of drug-likeness (QED) is 0.940. The van der Waals surface area contributed by atoms with Gasteiger partial charge in [0, 0.05) is 17.8 Å². The molecule has 3 rings (SSSR count). The van der Waals surface area contributed by atoms with Gasteiger partial charge in [0.25, 0.3) is 0 Å². The van der Waals surface area contributed by atoms with Crippen LogP contribution in [0.2, 0.25) is 0 Å². The van der Waals surface area contributed by atoms with Gasteiger partial charge >= 0.3 is 0 Å². The molecule has 1 aliphatic rings. The molecule has 23 heavy (non-hydrogen) atoms. The minimum absolute atomic E-state index is 0.123. The van der Waals surface area contributed by atoms with Gasteiger partial charge in [-0.2, -0.15) is 0 Å². The van der Waals surface area contributed by atoms with E-state index in [1.165, 1.54) is 0 Å². The van der Waals surface area contributed by atoms with Crippen LogP contribution < -0.4 is 5.32 Å². The zero-order valence-electron chi connectivity index (χ0n) is 12.5. The van der Waals surface area contributed by atoms with Crippen molar-refractivity contribution in [1.29, 1.82) is 0 Å². The maximum atomic E-state index is 13.2. The number of nitrogens with zero attached hydrogens (tertiary/aromatic N) is 2. The normalized spacial score (nSPS) is 18.8. The Kier molecular flexibility index (Phi) is 4.66. The van der Waals surface area contributed by atoms with Crippen LogP contribution in [0.1, 0.15) is 25.0 Å². The number of anilines is 1. The molecule has 122 valence electrons. The van der Waals surface area contributed by atoms with Crippen LogP contribution in [0.3, 0.4) is 0 Å². The summed E-state index contributed by atoms with van der Waals surface area (Å²) in [5.74, 6) is -1.03. The fraction of sp³-hybridized carbons (Fsp3) is 0.375. The van der Waals surface area contributed by atoms with Crippen LogP contribution in [0.15, 0.2) is 35.0 Å². The Morgan fingerprint density at radius 3 is 2.78 bits per heavy atom. The molecule has 1 amide bonds. The second-order valence-corrected chi connectivity index (χ2v) is 5.61. The van der Waals surface area contributed by atoms with Crippen molar-refractivity contribution in [2.75, 3.05) is 11.9 Å². The Hall–Kier alpha value is -2.28. The number of amides is 1. The van der Waals surface area contributed by atoms with Gasteiger partial charge in [-0.3, -0.25) is 9.69 Å². The van der Waals surface area contributed by atoms with Gasteiger partial charge in [-0.05, 0) is 31.5 Å². The monoisotopic (exact) mass is 321 g/mol. The third-order valence-corrected chi connectivity index (χ3v) is 3.90.